The second kappa shape index (κ2) is 29.1. The van der Waals surface area contributed by atoms with E-state index in [1.54, 1.807) is 44.1 Å². The van der Waals surface area contributed by atoms with E-state index < -0.39 is 0 Å². The third-order valence-corrected chi connectivity index (χ3v) is 16.1. The fourth-order valence-electron chi connectivity index (χ4n) is 11.2. The minimum Gasteiger partial charge on any atom is -0.472 e. The zero-order valence-electron chi connectivity index (χ0n) is 49.0. The van der Waals surface area contributed by atoms with Crippen LogP contribution in [0.1, 0.15) is 58.8 Å². The normalized spacial score (nSPS) is 16.6. The minimum absolute atomic E-state index is 0.0578. The molecule has 5 saturated heterocycles. The average Bonchev–Trinajstić information content (AvgIpc) is 3.11. The van der Waals surface area contributed by atoms with Gasteiger partial charge in [-0.2, -0.15) is 0 Å². The molecular weight excluding hydrogens is 1140 g/mol. The number of ether oxygens (including phenoxy) is 3. The molecule has 0 N–H and O–H groups in total. The van der Waals surface area contributed by atoms with E-state index in [1.807, 2.05) is 47.4 Å². The van der Waals surface area contributed by atoms with Gasteiger partial charge >= 0.3 is 0 Å². The highest BCUT2D eigenvalue weighted by atomic mass is 35.5. The largest absolute Gasteiger partial charge is 0.472 e. The highest BCUT2D eigenvalue weighted by Crippen LogP contribution is 2.32. The van der Waals surface area contributed by atoms with Crippen LogP contribution in [0.5, 0.6) is 17.6 Å². The minimum atomic E-state index is -0.361. The van der Waals surface area contributed by atoms with Crippen molar-refractivity contribution in [2.75, 3.05) is 103 Å². The SMILES string of the molecule is CC(=O)Cl.CC(=O)N1CCN(c2nccnc2OC2CCN(c3ccc4ccccc4n3)CC2)CC1.Clc1nccnc1OC1CN(c2ccc3ccccc3n2)C1.c1ccc2nc(N3CCC(Oc4nccnc4N4CCCCC4)CC3)ccc2c1. The molecule has 6 aromatic heterocycles. The molecule has 5 fully saturated rings. The summed E-state index contributed by atoms with van der Waals surface area (Å²) in [7, 11) is 0. The first-order chi connectivity index (χ1) is 42.6. The first kappa shape index (κ1) is 60.0. The number of halogens is 2. The predicted molar refractivity (Wildman–Crippen MR) is 342 cm³/mol. The lowest BCUT2D eigenvalue weighted by molar-refractivity contribution is -0.129. The second-order valence-electron chi connectivity index (χ2n) is 21.9. The molecule has 14 rings (SSSR count). The third kappa shape index (κ3) is 15.8. The number of amides is 1. The van der Waals surface area contributed by atoms with Gasteiger partial charge in [0.15, 0.2) is 16.8 Å². The van der Waals surface area contributed by atoms with Crippen LogP contribution in [0.25, 0.3) is 32.7 Å². The van der Waals surface area contributed by atoms with E-state index in [0.717, 1.165) is 148 Å². The van der Waals surface area contributed by atoms with Crippen molar-refractivity contribution in [3.63, 3.8) is 0 Å². The molecule has 0 spiro atoms. The number of anilines is 5. The van der Waals surface area contributed by atoms with Gasteiger partial charge in [0.1, 0.15) is 35.8 Å². The Labute approximate surface area is 516 Å². The summed E-state index contributed by atoms with van der Waals surface area (Å²) in [4.78, 5) is 74.5. The highest BCUT2D eigenvalue weighted by molar-refractivity contribution is 6.62. The number of hydrogen-bond donors (Lipinski definition) is 0. The van der Waals surface area contributed by atoms with Gasteiger partial charge in [-0.05, 0) is 85.5 Å². The lowest BCUT2D eigenvalue weighted by Gasteiger charge is -2.39. The van der Waals surface area contributed by atoms with E-state index in [1.165, 1.54) is 31.6 Å². The monoisotopic (exact) mass is 1210 g/mol. The van der Waals surface area contributed by atoms with Crippen LogP contribution in [0.4, 0.5) is 29.1 Å². The number of nitrogens with zero attached hydrogens (tertiary/aromatic N) is 15. The molecule has 1 amide bonds. The van der Waals surface area contributed by atoms with Crippen molar-refractivity contribution in [1.82, 2.24) is 49.8 Å². The summed E-state index contributed by atoms with van der Waals surface area (Å²) >= 11 is 10.6. The van der Waals surface area contributed by atoms with E-state index in [-0.39, 0.29) is 29.5 Å². The number of rotatable bonds is 11. The molecule has 20 nitrogen and oxygen atoms in total. The quantitative estimate of drug-likeness (QED) is 0.111. The molecule has 5 aliphatic rings. The maximum Gasteiger partial charge on any atom is 0.257 e. The second-order valence-corrected chi connectivity index (χ2v) is 22.8. The predicted octanol–water partition coefficient (Wildman–Crippen LogP) is 10.5. The van der Waals surface area contributed by atoms with Crippen LogP contribution in [0.2, 0.25) is 5.15 Å². The highest BCUT2D eigenvalue weighted by Gasteiger charge is 2.32. The van der Waals surface area contributed by atoms with Crippen LogP contribution in [-0.4, -0.2) is 158 Å². The molecule has 9 aromatic rings. The van der Waals surface area contributed by atoms with Gasteiger partial charge in [-0.25, -0.2) is 44.9 Å². The third-order valence-electron chi connectivity index (χ3n) is 15.9. The molecule has 3 aromatic carbocycles. The van der Waals surface area contributed by atoms with Crippen LogP contribution in [0.15, 0.2) is 146 Å². The number of carbonyl (C=O) groups excluding carboxylic acids is 2. The van der Waals surface area contributed by atoms with E-state index in [2.05, 4.69) is 138 Å². The van der Waals surface area contributed by atoms with Crippen LogP contribution >= 0.6 is 23.2 Å². The molecule has 0 radical (unpaired) electrons. The molecule has 0 aliphatic carbocycles. The van der Waals surface area contributed by atoms with Gasteiger partial charge in [0.2, 0.25) is 11.1 Å². The molecule has 87 heavy (non-hydrogen) atoms. The summed E-state index contributed by atoms with van der Waals surface area (Å²) in [6, 6.07) is 37.2. The first-order valence-electron chi connectivity index (χ1n) is 29.9. The van der Waals surface area contributed by atoms with Gasteiger partial charge in [-0.1, -0.05) is 66.2 Å². The maximum atomic E-state index is 11.6. The zero-order chi connectivity index (χ0) is 59.9. The summed E-state index contributed by atoms with van der Waals surface area (Å²) in [5, 5.41) is 3.42. The Bertz CT molecular complexity index is 3740. The van der Waals surface area contributed by atoms with Crippen molar-refractivity contribution < 1.29 is 23.8 Å². The number of aromatic nitrogens is 9. The molecule has 22 heteroatoms. The fraction of sp³-hybridized carbons (Fsp3) is 0.369. The number of piperidine rings is 3. The molecule has 0 unspecified atom stereocenters. The Morgan fingerprint density at radius 3 is 1.23 bits per heavy atom. The number of carbonyl (C=O) groups is 2. The molecule has 5 aliphatic heterocycles. The van der Waals surface area contributed by atoms with Gasteiger partial charge in [0.05, 0.1) is 29.6 Å². The molecule has 0 atom stereocenters. The van der Waals surface area contributed by atoms with Crippen molar-refractivity contribution in [3.05, 3.63) is 152 Å². The Morgan fingerprint density at radius 1 is 0.414 bits per heavy atom. The number of pyridine rings is 3. The Kier molecular flexibility index (Phi) is 20.1. The Morgan fingerprint density at radius 2 is 0.793 bits per heavy atom. The standard InChI is InChI=1S/C24H28N6O2.C23H27N5O.C16H13ClN4O.C2H3ClO/c1-18(31)28-14-16-30(17-15-28)23-24(26-11-10-25-23)32-20-8-12-29(13-9-20)22-7-6-19-4-2-3-5-21(19)27-22;1-4-14-28(15-5-1)22-23(25-13-12-24-22)29-19-10-16-27(17-11-19)21-9-8-18-6-2-3-7-20(18)26-21;17-15-16(19-8-7-18-15)22-12-9-21(10-12)14-6-5-11-3-1-2-4-13(11)20-14;1-2(3)4/h2-7,10-11,20H,8-9,12-17H2,1H3;2-3,6-9,12-13,19H,1,4-5,10-11,14-17H2;1-8,12H,9-10H2;1H3. The van der Waals surface area contributed by atoms with E-state index in [0.29, 0.717) is 35.9 Å². The van der Waals surface area contributed by atoms with Crippen molar-refractivity contribution in [1.29, 1.82) is 0 Å². The van der Waals surface area contributed by atoms with Crippen LogP contribution in [0, 0.1) is 0 Å². The summed E-state index contributed by atoms with van der Waals surface area (Å²) in [6.07, 6.45) is 17.8. The topological polar surface area (TPSA) is 197 Å². The molecule has 450 valence electrons. The molecular formula is C65H71Cl2N15O5. The average molecular weight is 1210 g/mol. The van der Waals surface area contributed by atoms with Crippen molar-refractivity contribution in [3.8, 4) is 17.6 Å². The lowest BCUT2D eigenvalue weighted by Crippen LogP contribution is -2.54. The fourth-order valence-corrected chi connectivity index (χ4v) is 11.4. The molecule has 0 saturated carbocycles. The van der Waals surface area contributed by atoms with Crippen molar-refractivity contribution in [2.45, 2.75) is 77.1 Å². The number of fused-ring (bicyclic) bond motifs is 3. The Balaban J connectivity index is 0.000000133. The maximum absolute atomic E-state index is 11.6. The number of para-hydroxylation sites is 3. The first-order valence-corrected chi connectivity index (χ1v) is 30.6. The van der Waals surface area contributed by atoms with Crippen LogP contribution in [0.3, 0.4) is 0 Å². The molecule has 11 heterocycles. The van der Waals surface area contributed by atoms with Gasteiger partial charge in [0.25, 0.3) is 17.6 Å². The number of piperazine rings is 1. The van der Waals surface area contributed by atoms with E-state index >= 15 is 0 Å². The van der Waals surface area contributed by atoms with Crippen molar-refractivity contribution in [2.24, 2.45) is 0 Å². The van der Waals surface area contributed by atoms with Crippen molar-refractivity contribution >= 4 is 96.1 Å². The van der Waals surface area contributed by atoms with E-state index in [9.17, 15) is 9.59 Å². The van der Waals surface area contributed by atoms with Crippen LogP contribution < -0.4 is 38.7 Å². The molecule has 0 bridgehead atoms. The van der Waals surface area contributed by atoms with E-state index in [4.69, 9.17) is 35.8 Å². The zero-order valence-corrected chi connectivity index (χ0v) is 50.5. The summed E-state index contributed by atoms with van der Waals surface area (Å²) < 4.78 is 18.4. The van der Waals surface area contributed by atoms with Gasteiger partial charge in [0, 0.05) is 158 Å². The summed E-state index contributed by atoms with van der Waals surface area (Å²) in [6.45, 7) is 13.1. The summed E-state index contributed by atoms with van der Waals surface area (Å²) in [5.74, 6) is 6.50. The smallest absolute Gasteiger partial charge is 0.257 e. The summed E-state index contributed by atoms with van der Waals surface area (Å²) in [5.41, 5.74) is 3.08. The van der Waals surface area contributed by atoms with Crippen LogP contribution in [-0.2, 0) is 9.59 Å². The van der Waals surface area contributed by atoms with Gasteiger partial charge in [-0.3, -0.25) is 9.59 Å². The van der Waals surface area contributed by atoms with Gasteiger partial charge < -0.3 is 43.6 Å². The number of hydrogen-bond acceptors (Lipinski definition) is 19. The lowest BCUT2D eigenvalue weighted by atomic mass is 10.1. The van der Waals surface area contributed by atoms with Gasteiger partial charge in [-0.15, -0.1) is 0 Å². The number of benzene rings is 3. The Hall–Kier alpha value is -8.75.